The molecule has 2 aromatic heterocycles. The summed E-state index contributed by atoms with van der Waals surface area (Å²) in [4.78, 5) is 24.8. The van der Waals surface area contributed by atoms with Crippen LogP contribution in [0.1, 0.15) is 5.76 Å². The highest BCUT2D eigenvalue weighted by molar-refractivity contribution is 7.80. The second-order valence-corrected chi connectivity index (χ2v) is 8.84. The van der Waals surface area contributed by atoms with E-state index in [1.54, 1.807) is 48.5 Å². The normalized spacial score (nSPS) is 11.1. The Hall–Kier alpha value is -4.46. The van der Waals surface area contributed by atoms with Crippen molar-refractivity contribution in [1.29, 1.82) is 0 Å². The Labute approximate surface area is 222 Å². The molecule has 0 atom stereocenters. The number of hydrogen-bond donors (Lipinski definition) is 2. The number of carbonyl (C=O) groups excluding carboxylic acids is 1. The molecule has 0 saturated heterocycles. The van der Waals surface area contributed by atoms with Crippen LogP contribution in [0, 0.1) is 0 Å². The monoisotopic (exact) mass is 526 g/mol. The van der Waals surface area contributed by atoms with E-state index in [0.717, 1.165) is 10.9 Å². The van der Waals surface area contributed by atoms with E-state index >= 15 is 0 Å². The van der Waals surface area contributed by atoms with Gasteiger partial charge in [0.2, 0.25) is 5.91 Å². The number of fused-ring (bicyclic) bond motifs is 1. The molecule has 6 nitrogen and oxygen atoms in total. The number of rotatable bonds is 5. The van der Waals surface area contributed by atoms with Gasteiger partial charge in [0.15, 0.2) is 5.11 Å². The van der Waals surface area contributed by atoms with E-state index in [-0.39, 0.29) is 5.11 Å². The zero-order chi connectivity index (χ0) is 25.8. The smallest absolute Gasteiger partial charge is 0.344 e. The molecule has 0 fully saturated rings. The molecule has 37 heavy (non-hydrogen) atoms. The molecule has 3 aromatic carbocycles. The minimum absolute atomic E-state index is 0.0908. The zero-order valence-electron chi connectivity index (χ0n) is 19.2. The Bertz CT molecular complexity index is 1710. The molecule has 0 bridgehead atoms. The number of carbonyl (C=O) groups is 1. The fourth-order valence-corrected chi connectivity index (χ4v) is 4.24. The van der Waals surface area contributed by atoms with Gasteiger partial charge in [-0.2, -0.15) is 0 Å². The van der Waals surface area contributed by atoms with Gasteiger partial charge >= 0.3 is 5.63 Å². The average Bonchev–Trinajstić information content (AvgIpc) is 3.37. The first-order valence-electron chi connectivity index (χ1n) is 11.2. The minimum atomic E-state index is -0.483. The van der Waals surface area contributed by atoms with Crippen LogP contribution in [0.15, 0.2) is 111 Å². The quantitative estimate of drug-likeness (QED) is 0.147. The van der Waals surface area contributed by atoms with Gasteiger partial charge in [0, 0.05) is 28.3 Å². The molecular formula is C29H19ClN2O4S. The fourth-order valence-electron chi connectivity index (χ4n) is 3.73. The van der Waals surface area contributed by atoms with Gasteiger partial charge in [0.05, 0.1) is 10.6 Å². The topological polar surface area (TPSA) is 84.5 Å². The van der Waals surface area contributed by atoms with Crippen molar-refractivity contribution >= 4 is 57.6 Å². The molecule has 2 heterocycles. The number of halogens is 1. The standard InChI is InChI=1S/C29H19ClN2O4S/c30-24-17-20(10-13-22(24)23-16-19-8-4-5-9-25(19)36-28(23)34)31-29(37)32-27(33)15-12-21-11-14-26(35-21)18-6-2-1-3-7-18/h1-17H,(H2,31,32,33,37)/b15-12+. The van der Waals surface area contributed by atoms with Crippen molar-refractivity contribution in [2.75, 3.05) is 5.32 Å². The molecule has 1 amide bonds. The van der Waals surface area contributed by atoms with Crippen molar-refractivity contribution in [1.82, 2.24) is 5.32 Å². The first-order chi connectivity index (χ1) is 18.0. The third-order valence-corrected chi connectivity index (χ3v) is 6.00. The van der Waals surface area contributed by atoms with Crippen LogP contribution < -0.4 is 16.3 Å². The first-order valence-corrected chi connectivity index (χ1v) is 12.0. The summed E-state index contributed by atoms with van der Waals surface area (Å²) in [6.07, 6.45) is 2.89. The molecule has 5 rings (SSSR count). The highest BCUT2D eigenvalue weighted by Gasteiger charge is 2.12. The summed E-state index contributed by atoms with van der Waals surface area (Å²) in [6, 6.07) is 27.3. The Morgan fingerprint density at radius 3 is 2.46 bits per heavy atom. The fraction of sp³-hybridized carbons (Fsp3) is 0. The molecule has 0 aliphatic carbocycles. The van der Waals surface area contributed by atoms with Gasteiger partial charge in [-0.05, 0) is 54.7 Å². The zero-order valence-corrected chi connectivity index (χ0v) is 20.8. The second kappa shape index (κ2) is 10.7. The molecular weight excluding hydrogens is 508 g/mol. The van der Waals surface area contributed by atoms with E-state index in [1.807, 2.05) is 48.5 Å². The third kappa shape index (κ3) is 5.69. The molecule has 0 aliphatic rings. The largest absolute Gasteiger partial charge is 0.457 e. The lowest BCUT2D eigenvalue weighted by Gasteiger charge is -2.10. The maximum Gasteiger partial charge on any atom is 0.344 e. The molecule has 0 aliphatic heterocycles. The number of hydrogen-bond acceptors (Lipinski definition) is 5. The van der Waals surface area contributed by atoms with Crippen molar-refractivity contribution in [3.8, 4) is 22.5 Å². The lowest BCUT2D eigenvalue weighted by molar-refractivity contribution is -0.115. The number of para-hydroxylation sites is 1. The summed E-state index contributed by atoms with van der Waals surface area (Å²) in [7, 11) is 0. The number of nitrogens with one attached hydrogen (secondary N) is 2. The van der Waals surface area contributed by atoms with Crippen LogP contribution >= 0.6 is 23.8 Å². The maximum atomic E-state index is 12.5. The maximum absolute atomic E-state index is 12.5. The molecule has 0 saturated carbocycles. The van der Waals surface area contributed by atoms with Crippen LogP contribution in [-0.2, 0) is 4.79 Å². The SMILES string of the molecule is O=C(/C=C/c1ccc(-c2ccccc2)o1)NC(=S)Nc1ccc(-c2cc3ccccc3oc2=O)c(Cl)c1. The van der Waals surface area contributed by atoms with E-state index in [2.05, 4.69) is 10.6 Å². The van der Waals surface area contributed by atoms with Gasteiger partial charge in [-0.1, -0.05) is 66.2 Å². The van der Waals surface area contributed by atoms with E-state index in [9.17, 15) is 9.59 Å². The lowest BCUT2D eigenvalue weighted by Crippen LogP contribution is -2.32. The average molecular weight is 527 g/mol. The molecule has 8 heteroatoms. The Morgan fingerprint density at radius 2 is 1.65 bits per heavy atom. The number of furan rings is 1. The Morgan fingerprint density at radius 1 is 0.865 bits per heavy atom. The predicted octanol–water partition coefficient (Wildman–Crippen LogP) is 6.90. The molecule has 0 spiro atoms. The van der Waals surface area contributed by atoms with Gasteiger partial charge < -0.3 is 14.2 Å². The van der Waals surface area contributed by atoms with Crippen molar-refractivity contribution in [3.05, 3.63) is 118 Å². The summed E-state index contributed by atoms with van der Waals surface area (Å²) in [5.41, 5.74) is 2.39. The van der Waals surface area contributed by atoms with Gasteiger partial charge in [-0.15, -0.1) is 0 Å². The number of anilines is 1. The second-order valence-electron chi connectivity index (χ2n) is 8.02. The molecule has 0 unspecified atom stereocenters. The Balaban J connectivity index is 1.22. The van der Waals surface area contributed by atoms with Crippen LogP contribution in [0.3, 0.4) is 0 Å². The van der Waals surface area contributed by atoms with Gasteiger partial charge in [0.25, 0.3) is 0 Å². The van der Waals surface area contributed by atoms with E-state index in [4.69, 9.17) is 32.7 Å². The molecule has 2 N–H and O–H groups in total. The summed E-state index contributed by atoms with van der Waals surface area (Å²) in [5, 5.41) is 6.70. The van der Waals surface area contributed by atoms with Crippen molar-refractivity contribution in [2.45, 2.75) is 0 Å². The number of thiocarbonyl (C=S) groups is 1. The minimum Gasteiger partial charge on any atom is -0.457 e. The highest BCUT2D eigenvalue weighted by atomic mass is 35.5. The molecule has 5 aromatic rings. The summed E-state index contributed by atoms with van der Waals surface area (Å²) >= 11 is 11.7. The van der Waals surface area contributed by atoms with Crippen LogP contribution in [0.5, 0.6) is 0 Å². The highest BCUT2D eigenvalue weighted by Crippen LogP contribution is 2.30. The van der Waals surface area contributed by atoms with Crippen LogP contribution in [0.25, 0.3) is 39.5 Å². The van der Waals surface area contributed by atoms with E-state index < -0.39 is 11.5 Å². The molecule has 182 valence electrons. The predicted molar refractivity (Wildman–Crippen MR) is 150 cm³/mol. The lowest BCUT2D eigenvalue weighted by atomic mass is 10.1. The summed E-state index contributed by atoms with van der Waals surface area (Å²) < 4.78 is 11.2. The van der Waals surface area contributed by atoms with Gasteiger partial charge in [-0.25, -0.2) is 4.79 Å². The van der Waals surface area contributed by atoms with Crippen molar-refractivity contribution < 1.29 is 13.6 Å². The van der Waals surface area contributed by atoms with Crippen molar-refractivity contribution in [3.63, 3.8) is 0 Å². The third-order valence-electron chi connectivity index (χ3n) is 5.48. The summed E-state index contributed by atoms with van der Waals surface area (Å²) in [5.74, 6) is 0.819. The van der Waals surface area contributed by atoms with Gasteiger partial charge in [-0.3, -0.25) is 10.1 Å². The van der Waals surface area contributed by atoms with Gasteiger partial charge in [0.1, 0.15) is 17.1 Å². The van der Waals surface area contributed by atoms with Crippen LogP contribution in [0.4, 0.5) is 5.69 Å². The number of amides is 1. The molecule has 0 radical (unpaired) electrons. The van der Waals surface area contributed by atoms with E-state index in [1.165, 1.54) is 6.08 Å². The first kappa shape index (κ1) is 24.2. The van der Waals surface area contributed by atoms with Crippen LogP contribution in [-0.4, -0.2) is 11.0 Å². The van der Waals surface area contributed by atoms with Crippen molar-refractivity contribution in [2.24, 2.45) is 0 Å². The number of benzene rings is 3. The van der Waals surface area contributed by atoms with E-state index in [0.29, 0.717) is 38.9 Å². The van der Waals surface area contributed by atoms with Crippen LogP contribution in [0.2, 0.25) is 5.02 Å². The Kier molecular flexibility index (Phi) is 6.98. The summed E-state index contributed by atoms with van der Waals surface area (Å²) in [6.45, 7) is 0.